The quantitative estimate of drug-likeness (QED) is 0.798. The third kappa shape index (κ3) is 2.65. The van der Waals surface area contributed by atoms with E-state index < -0.39 is 0 Å². The third-order valence-electron chi connectivity index (χ3n) is 4.31. The maximum absolute atomic E-state index is 12.1. The fraction of sp³-hybridized carbons (Fsp3) is 0.211. The lowest BCUT2D eigenvalue weighted by molar-refractivity contribution is -0.121. The number of ether oxygens (including phenoxy) is 1. The molecule has 2 aromatic heterocycles. The predicted molar refractivity (Wildman–Crippen MR) is 95.5 cm³/mol. The van der Waals surface area contributed by atoms with Crippen LogP contribution in [0, 0.1) is 6.92 Å². The minimum atomic E-state index is -0.0279. The number of aromatic nitrogens is 3. The number of rotatable bonds is 3. The summed E-state index contributed by atoms with van der Waals surface area (Å²) in [5.41, 5.74) is 5.33. The summed E-state index contributed by atoms with van der Waals surface area (Å²) >= 11 is 0. The van der Waals surface area contributed by atoms with Crippen molar-refractivity contribution in [2.24, 2.45) is 0 Å². The fourth-order valence-electron chi connectivity index (χ4n) is 3.10. The Labute approximate surface area is 145 Å². The molecule has 6 heteroatoms. The highest BCUT2D eigenvalue weighted by molar-refractivity contribution is 5.99. The zero-order chi connectivity index (χ0) is 17.4. The van der Waals surface area contributed by atoms with Gasteiger partial charge in [-0.3, -0.25) is 14.9 Å². The number of carbonyl (C=O) groups is 1. The molecule has 6 nitrogen and oxygen atoms in total. The Morgan fingerprint density at radius 2 is 2.16 bits per heavy atom. The van der Waals surface area contributed by atoms with E-state index in [9.17, 15) is 4.79 Å². The largest absolute Gasteiger partial charge is 0.482 e. The molecule has 1 amide bonds. The van der Waals surface area contributed by atoms with Crippen molar-refractivity contribution in [3.8, 4) is 28.3 Å². The summed E-state index contributed by atoms with van der Waals surface area (Å²) in [6.45, 7) is 4.61. The molecule has 1 N–H and O–H groups in total. The summed E-state index contributed by atoms with van der Waals surface area (Å²) in [6, 6.07) is 11.7. The fourth-order valence-corrected chi connectivity index (χ4v) is 3.10. The van der Waals surface area contributed by atoms with Gasteiger partial charge in [0.05, 0.1) is 23.3 Å². The number of H-pyrrole nitrogens is 1. The maximum Gasteiger partial charge on any atom is 0.265 e. The number of aryl methyl sites for hydroxylation is 1. The molecule has 1 aromatic carbocycles. The van der Waals surface area contributed by atoms with Crippen LogP contribution in [-0.2, 0) is 4.79 Å². The number of nitrogens with one attached hydrogen (secondary N) is 1. The van der Waals surface area contributed by atoms with Gasteiger partial charge in [0.25, 0.3) is 5.91 Å². The maximum atomic E-state index is 12.1. The molecule has 4 rings (SSSR count). The number of nitrogens with zero attached hydrogens (tertiary/aromatic N) is 3. The van der Waals surface area contributed by atoms with Gasteiger partial charge in [0, 0.05) is 17.8 Å². The highest BCUT2D eigenvalue weighted by Gasteiger charge is 2.25. The number of hydrogen-bond acceptors (Lipinski definition) is 4. The van der Waals surface area contributed by atoms with Gasteiger partial charge >= 0.3 is 0 Å². The summed E-state index contributed by atoms with van der Waals surface area (Å²) in [7, 11) is 0. The molecule has 3 aromatic rings. The number of hydrogen-bond donors (Lipinski definition) is 1. The van der Waals surface area contributed by atoms with Gasteiger partial charge < -0.3 is 9.64 Å². The van der Waals surface area contributed by atoms with E-state index in [2.05, 4.69) is 15.2 Å². The molecule has 25 heavy (non-hydrogen) atoms. The average molecular weight is 334 g/mol. The Bertz CT molecular complexity index is 948. The van der Waals surface area contributed by atoms with Crippen LogP contribution in [0.25, 0.3) is 22.5 Å². The van der Waals surface area contributed by atoms with Gasteiger partial charge in [-0.1, -0.05) is 12.1 Å². The van der Waals surface area contributed by atoms with Crippen LogP contribution >= 0.6 is 0 Å². The standard InChI is InChI=1S/C19H18N4O2/c1-3-23-16-9-13(7-8-17(16)25-11-18(23)24)14-10-20-22-19(14)15-6-4-5-12(2)21-15/h4-10H,3,11H2,1-2H3,(H,20,22). The van der Waals surface area contributed by atoms with Crippen molar-refractivity contribution in [1.29, 1.82) is 0 Å². The molecule has 0 spiro atoms. The smallest absolute Gasteiger partial charge is 0.265 e. The van der Waals surface area contributed by atoms with Gasteiger partial charge in [0.1, 0.15) is 5.75 Å². The summed E-state index contributed by atoms with van der Waals surface area (Å²) < 4.78 is 5.54. The van der Waals surface area contributed by atoms with Crippen LogP contribution in [0.15, 0.2) is 42.6 Å². The lowest BCUT2D eigenvalue weighted by Gasteiger charge is -2.28. The zero-order valence-electron chi connectivity index (χ0n) is 14.1. The Morgan fingerprint density at radius 1 is 1.28 bits per heavy atom. The second-order valence-electron chi connectivity index (χ2n) is 5.93. The molecular formula is C19H18N4O2. The van der Waals surface area contributed by atoms with Gasteiger partial charge in [0.15, 0.2) is 6.61 Å². The number of amides is 1. The lowest BCUT2D eigenvalue weighted by Crippen LogP contribution is -2.38. The molecular weight excluding hydrogens is 316 g/mol. The van der Waals surface area contributed by atoms with Crippen molar-refractivity contribution in [2.45, 2.75) is 13.8 Å². The average Bonchev–Trinajstić information content (AvgIpc) is 3.11. The van der Waals surface area contributed by atoms with Crippen LogP contribution in [0.3, 0.4) is 0 Å². The van der Waals surface area contributed by atoms with E-state index in [1.807, 2.05) is 50.2 Å². The minimum Gasteiger partial charge on any atom is -0.482 e. The topological polar surface area (TPSA) is 71.1 Å². The van der Waals surface area contributed by atoms with Crippen molar-refractivity contribution in [3.05, 3.63) is 48.3 Å². The SMILES string of the molecule is CCN1C(=O)COc2ccc(-c3cn[nH]c3-c3cccc(C)n3)cc21. The molecule has 0 fully saturated rings. The molecule has 0 saturated carbocycles. The van der Waals surface area contributed by atoms with E-state index in [1.54, 1.807) is 11.1 Å². The zero-order valence-corrected chi connectivity index (χ0v) is 14.1. The molecule has 0 aliphatic carbocycles. The first-order valence-electron chi connectivity index (χ1n) is 8.22. The lowest BCUT2D eigenvalue weighted by atomic mass is 10.0. The molecule has 0 unspecified atom stereocenters. The van der Waals surface area contributed by atoms with Gasteiger partial charge in [-0.25, -0.2) is 0 Å². The van der Waals surface area contributed by atoms with Gasteiger partial charge in [-0.2, -0.15) is 5.10 Å². The van der Waals surface area contributed by atoms with Crippen molar-refractivity contribution in [2.75, 3.05) is 18.1 Å². The summed E-state index contributed by atoms with van der Waals surface area (Å²) in [4.78, 5) is 18.4. The Hall–Kier alpha value is -3.15. The first kappa shape index (κ1) is 15.4. The number of fused-ring (bicyclic) bond motifs is 1. The third-order valence-corrected chi connectivity index (χ3v) is 4.31. The van der Waals surface area contributed by atoms with Crippen molar-refractivity contribution >= 4 is 11.6 Å². The predicted octanol–water partition coefficient (Wildman–Crippen LogP) is 3.19. The van der Waals surface area contributed by atoms with Gasteiger partial charge in [-0.15, -0.1) is 0 Å². The Kier molecular flexibility index (Phi) is 3.72. The van der Waals surface area contributed by atoms with Gasteiger partial charge in [0.2, 0.25) is 0 Å². The van der Waals surface area contributed by atoms with E-state index in [0.717, 1.165) is 39.6 Å². The molecule has 1 aliphatic heterocycles. The van der Waals surface area contributed by atoms with E-state index in [0.29, 0.717) is 6.54 Å². The molecule has 0 atom stereocenters. The molecule has 3 heterocycles. The summed E-state index contributed by atoms with van der Waals surface area (Å²) in [6.07, 6.45) is 1.78. The van der Waals surface area contributed by atoms with Crippen LogP contribution in [0.1, 0.15) is 12.6 Å². The van der Waals surface area contributed by atoms with Gasteiger partial charge in [-0.05, 0) is 43.7 Å². The highest BCUT2D eigenvalue weighted by atomic mass is 16.5. The van der Waals surface area contributed by atoms with Crippen molar-refractivity contribution in [3.63, 3.8) is 0 Å². The normalized spacial score (nSPS) is 13.5. The van der Waals surface area contributed by atoms with E-state index in [4.69, 9.17) is 4.74 Å². The molecule has 0 radical (unpaired) electrons. The van der Waals surface area contributed by atoms with Crippen LogP contribution in [0.2, 0.25) is 0 Å². The van der Waals surface area contributed by atoms with Crippen molar-refractivity contribution in [1.82, 2.24) is 15.2 Å². The molecule has 0 bridgehead atoms. The van der Waals surface area contributed by atoms with E-state index >= 15 is 0 Å². The summed E-state index contributed by atoms with van der Waals surface area (Å²) in [5.74, 6) is 0.698. The van der Waals surface area contributed by atoms with Crippen LogP contribution in [0.5, 0.6) is 5.75 Å². The Balaban J connectivity index is 1.81. The number of likely N-dealkylation sites (N-methyl/N-ethyl adjacent to an activating group) is 1. The van der Waals surface area contributed by atoms with Crippen LogP contribution in [-0.4, -0.2) is 34.2 Å². The van der Waals surface area contributed by atoms with Crippen molar-refractivity contribution < 1.29 is 9.53 Å². The highest BCUT2D eigenvalue weighted by Crippen LogP contribution is 2.38. The van der Waals surface area contributed by atoms with E-state index in [1.165, 1.54) is 0 Å². The number of benzene rings is 1. The van der Waals surface area contributed by atoms with Crippen LogP contribution < -0.4 is 9.64 Å². The number of anilines is 1. The first-order valence-corrected chi connectivity index (χ1v) is 8.22. The Morgan fingerprint density at radius 3 is 2.96 bits per heavy atom. The van der Waals surface area contributed by atoms with Crippen LogP contribution in [0.4, 0.5) is 5.69 Å². The minimum absolute atomic E-state index is 0.0279. The second-order valence-corrected chi connectivity index (χ2v) is 5.93. The molecule has 1 aliphatic rings. The molecule has 126 valence electrons. The first-order chi connectivity index (χ1) is 12.2. The molecule has 0 saturated heterocycles. The summed E-state index contributed by atoms with van der Waals surface area (Å²) in [5, 5.41) is 7.23. The monoisotopic (exact) mass is 334 g/mol. The second kappa shape index (κ2) is 6.05. The number of aromatic amines is 1. The van der Waals surface area contributed by atoms with E-state index in [-0.39, 0.29) is 12.5 Å². The number of carbonyl (C=O) groups excluding carboxylic acids is 1. The number of pyridine rings is 1.